The summed E-state index contributed by atoms with van der Waals surface area (Å²) in [5, 5.41) is 2.82. The van der Waals surface area contributed by atoms with Gasteiger partial charge in [-0.2, -0.15) is 0 Å². The predicted octanol–water partition coefficient (Wildman–Crippen LogP) is 2.89. The smallest absolute Gasteiger partial charge is 0.258 e. The Labute approximate surface area is 142 Å². The molecule has 0 fully saturated rings. The van der Waals surface area contributed by atoms with E-state index in [0.717, 1.165) is 16.9 Å². The van der Waals surface area contributed by atoms with Crippen molar-refractivity contribution in [3.8, 4) is 11.5 Å². The fourth-order valence-electron chi connectivity index (χ4n) is 2.29. The van der Waals surface area contributed by atoms with E-state index >= 15 is 0 Å². The first-order chi connectivity index (χ1) is 11.6. The zero-order chi connectivity index (χ0) is 17.4. The molecule has 0 bridgehead atoms. The van der Waals surface area contributed by atoms with Gasteiger partial charge in [0.25, 0.3) is 5.91 Å². The van der Waals surface area contributed by atoms with Crippen molar-refractivity contribution in [1.29, 1.82) is 0 Å². The number of nitrogens with one attached hydrogen (secondary N) is 1. The number of aryl methyl sites for hydroxylation is 1. The Morgan fingerprint density at radius 3 is 2.54 bits per heavy atom. The summed E-state index contributed by atoms with van der Waals surface area (Å²) in [6.45, 7) is 2.31. The van der Waals surface area contributed by atoms with Gasteiger partial charge in [0, 0.05) is 13.7 Å². The fraction of sp³-hybridized carbons (Fsp3) is 0.316. The van der Waals surface area contributed by atoms with Crippen molar-refractivity contribution in [1.82, 2.24) is 5.32 Å². The third kappa shape index (κ3) is 5.28. The number of amides is 1. The van der Waals surface area contributed by atoms with E-state index in [-0.39, 0.29) is 18.6 Å². The predicted molar refractivity (Wildman–Crippen MR) is 92.4 cm³/mol. The van der Waals surface area contributed by atoms with Gasteiger partial charge in [0.1, 0.15) is 11.5 Å². The lowest BCUT2D eigenvalue weighted by Crippen LogP contribution is -2.33. The molecular weight excluding hydrogens is 306 g/mol. The monoisotopic (exact) mass is 329 g/mol. The van der Waals surface area contributed by atoms with Gasteiger partial charge in [-0.1, -0.05) is 24.3 Å². The lowest BCUT2D eigenvalue weighted by Gasteiger charge is -2.17. The van der Waals surface area contributed by atoms with Gasteiger partial charge < -0.3 is 19.5 Å². The van der Waals surface area contributed by atoms with Crippen molar-refractivity contribution in [2.45, 2.75) is 13.0 Å². The molecule has 1 N–H and O–H groups in total. The van der Waals surface area contributed by atoms with Crippen LogP contribution in [0, 0.1) is 6.92 Å². The third-order valence-electron chi connectivity index (χ3n) is 3.59. The van der Waals surface area contributed by atoms with Crippen molar-refractivity contribution in [2.75, 3.05) is 27.4 Å². The van der Waals surface area contributed by atoms with E-state index in [9.17, 15) is 4.79 Å². The standard InChI is InChI=1S/C19H23NO4/c1-14-6-4-9-17(10-14)24-13-19(21)20-12-18(23-3)15-7-5-8-16(11-15)22-2/h4-11,18H,12-13H2,1-3H3,(H,20,21). The van der Waals surface area contributed by atoms with Crippen molar-refractivity contribution in [3.05, 3.63) is 59.7 Å². The quantitative estimate of drug-likeness (QED) is 0.809. The summed E-state index contributed by atoms with van der Waals surface area (Å²) in [7, 11) is 3.23. The molecule has 0 saturated carbocycles. The van der Waals surface area contributed by atoms with Crippen LogP contribution >= 0.6 is 0 Å². The molecular formula is C19H23NO4. The number of hydrogen-bond donors (Lipinski definition) is 1. The largest absolute Gasteiger partial charge is 0.497 e. The first-order valence-electron chi connectivity index (χ1n) is 7.75. The van der Waals surface area contributed by atoms with Gasteiger partial charge in [-0.25, -0.2) is 0 Å². The molecule has 0 spiro atoms. The van der Waals surface area contributed by atoms with Crippen LogP contribution in [-0.4, -0.2) is 33.3 Å². The number of carbonyl (C=O) groups is 1. The average molecular weight is 329 g/mol. The van der Waals surface area contributed by atoms with Gasteiger partial charge in [0.05, 0.1) is 13.2 Å². The van der Waals surface area contributed by atoms with Crippen LogP contribution in [0.1, 0.15) is 17.2 Å². The van der Waals surface area contributed by atoms with Crippen molar-refractivity contribution >= 4 is 5.91 Å². The van der Waals surface area contributed by atoms with E-state index in [1.54, 1.807) is 14.2 Å². The molecule has 0 aliphatic heterocycles. The maximum Gasteiger partial charge on any atom is 0.258 e. The number of hydrogen-bond acceptors (Lipinski definition) is 4. The number of ether oxygens (including phenoxy) is 3. The minimum Gasteiger partial charge on any atom is -0.497 e. The molecule has 1 unspecified atom stereocenters. The van der Waals surface area contributed by atoms with Crippen LogP contribution in [-0.2, 0) is 9.53 Å². The molecule has 0 saturated heterocycles. The van der Waals surface area contributed by atoms with Crippen LogP contribution in [0.15, 0.2) is 48.5 Å². The highest BCUT2D eigenvalue weighted by Crippen LogP contribution is 2.21. The molecule has 128 valence electrons. The molecule has 5 nitrogen and oxygen atoms in total. The summed E-state index contributed by atoms with van der Waals surface area (Å²) in [4.78, 5) is 12.0. The molecule has 0 heterocycles. The van der Waals surface area contributed by atoms with Gasteiger partial charge in [-0.05, 0) is 42.3 Å². The molecule has 2 rings (SSSR count). The molecule has 2 aromatic carbocycles. The van der Waals surface area contributed by atoms with Crippen LogP contribution in [0.5, 0.6) is 11.5 Å². The first-order valence-corrected chi connectivity index (χ1v) is 7.75. The molecule has 0 aromatic heterocycles. The summed E-state index contributed by atoms with van der Waals surface area (Å²) in [6.07, 6.45) is -0.247. The summed E-state index contributed by atoms with van der Waals surface area (Å²) in [5.41, 5.74) is 2.03. The highest BCUT2D eigenvalue weighted by molar-refractivity contribution is 5.77. The topological polar surface area (TPSA) is 56.8 Å². The van der Waals surface area contributed by atoms with E-state index in [0.29, 0.717) is 12.3 Å². The molecule has 0 aliphatic carbocycles. The minimum absolute atomic E-state index is 0.0298. The van der Waals surface area contributed by atoms with Gasteiger partial charge in [-0.15, -0.1) is 0 Å². The lowest BCUT2D eigenvalue weighted by molar-refractivity contribution is -0.123. The van der Waals surface area contributed by atoms with E-state index in [1.165, 1.54) is 0 Å². The van der Waals surface area contributed by atoms with Gasteiger partial charge in [0.2, 0.25) is 0 Å². The Hall–Kier alpha value is -2.53. The van der Waals surface area contributed by atoms with Crippen molar-refractivity contribution in [2.24, 2.45) is 0 Å². The molecule has 5 heteroatoms. The number of carbonyl (C=O) groups excluding carboxylic acids is 1. The first kappa shape index (κ1) is 17.8. The zero-order valence-electron chi connectivity index (χ0n) is 14.2. The van der Waals surface area contributed by atoms with Crippen LogP contribution in [0.4, 0.5) is 0 Å². The van der Waals surface area contributed by atoms with Crippen molar-refractivity contribution < 1.29 is 19.0 Å². The van der Waals surface area contributed by atoms with Crippen LogP contribution in [0.3, 0.4) is 0 Å². The average Bonchev–Trinajstić information content (AvgIpc) is 2.61. The fourth-order valence-corrected chi connectivity index (χ4v) is 2.29. The second-order valence-electron chi connectivity index (χ2n) is 5.41. The number of rotatable bonds is 8. The van der Waals surface area contributed by atoms with Crippen LogP contribution < -0.4 is 14.8 Å². The highest BCUT2D eigenvalue weighted by Gasteiger charge is 2.13. The second kappa shape index (κ2) is 8.93. The van der Waals surface area contributed by atoms with E-state index < -0.39 is 0 Å². The maximum atomic E-state index is 12.0. The maximum absolute atomic E-state index is 12.0. The summed E-state index contributed by atoms with van der Waals surface area (Å²) < 4.78 is 16.1. The Balaban J connectivity index is 1.84. The SMILES string of the molecule is COc1cccc(C(CNC(=O)COc2cccc(C)c2)OC)c1. The van der Waals surface area contributed by atoms with Gasteiger partial charge in [0.15, 0.2) is 6.61 Å². The lowest BCUT2D eigenvalue weighted by atomic mass is 10.1. The van der Waals surface area contributed by atoms with E-state index in [4.69, 9.17) is 14.2 Å². The number of benzene rings is 2. The molecule has 0 radical (unpaired) electrons. The third-order valence-corrected chi connectivity index (χ3v) is 3.59. The minimum atomic E-state index is -0.247. The van der Waals surface area contributed by atoms with E-state index in [2.05, 4.69) is 5.32 Å². The second-order valence-corrected chi connectivity index (χ2v) is 5.41. The van der Waals surface area contributed by atoms with Gasteiger partial charge >= 0.3 is 0 Å². The van der Waals surface area contributed by atoms with Gasteiger partial charge in [-0.3, -0.25) is 4.79 Å². The molecule has 0 aliphatic rings. The van der Waals surface area contributed by atoms with Crippen LogP contribution in [0.25, 0.3) is 0 Å². The molecule has 24 heavy (non-hydrogen) atoms. The summed E-state index contributed by atoms with van der Waals surface area (Å²) >= 11 is 0. The Kier molecular flexibility index (Phi) is 6.63. The molecule has 1 amide bonds. The van der Waals surface area contributed by atoms with Crippen LogP contribution in [0.2, 0.25) is 0 Å². The normalized spacial score (nSPS) is 11.6. The summed E-state index contributed by atoms with van der Waals surface area (Å²) in [6, 6.07) is 15.2. The summed E-state index contributed by atoms with van der Waals surface area (Å²) in [5.74, 6) is 1.24. The zero-order valence-corrected chi connectivity index (χ0v) is 14.2. The Morgan fingerprint density at radius 2 is 1.83 bits per heavy atom. The van der Waals surface area contributed by atoms with Crippen molar-refractivity contribution in [3.63, 3.8) is 0 Å². The molecule has 1 atom stereocenters. The number of methoxy groups -OCH3 is 2. The molecule has 2 aromatic rings. The Morgan fingerprint density at radius 1 is 1.08 bits per heavy atom. The van der Waals surface area contributed by atoms with E-state index in [1.807, 2.05) is 55.5 Å². The Bertz CT molecular complexity index is 672. The highest BCUT2D eigenvalue weighted by atomic mass is 16.5.